The zero-order valence-electron chi connectivity index (χ0n) is 12.9. The summed E-state index contributed by atoms with van der Waals surface area (Å²) in [6.07, 6.45) is 8.22. The van der Waals surface area contributed by atoms with Gasteiger partial charge in [-0.15, -0.1) is 0 Å². The van der Waals surface area contributed by atoms with Crippen LogP contribution in [0, 0.1) is 5.92 Å². The first-order valence-electron chi connectivity index (χ1n) is 7.86. The molecule has 2 N–H and O–H groups in total. The first-order chi connectivity index (χ1) is 9.63. The number of aromatic nitrogens is 2. The Bertz CT molecular complexity index is 434. The lowest BCUT2D eigenvalue weighted by Gasteiger charge is -2.29. The van der Waals surface area contributed by atoms with E-state index in [9.17, 15) is 0 Å². The van der Waals surface area contributed by atoms with Gasteiger partial charge in [-0.3, -0.25) is 0 Å². The average molecular weight is 277 g/mol. The third-order valence-electron chi connectivity index (χ3n) is 4.16. The summed E-state index contributed by atoms with van der Waals surface area (Å²) in [6.45, 7) is 6.84. The Labute approximate surface area is 122 Å². The van der Waals surface area contributed by atoms with Crippen LogP contribution in [0.15, 0.2) is 6.20 Å². The van der Waals surface area contributed by atoms with E-state index in [2.05, 4.69) is 30.7 Å². The van der Waals surface area contributed by atoms with Gasteiger partial charge in [-0.2, -0.15) is 0 Å². The van der Waals surface area contributed by atoms with Crippen LogP contribution in [0.3, 0.4) is 0 Å². The summed E-state index contributed by atoms with van der Waals surface area (Å²) >= 11 is 0. The molecule has 2 atom stereocenters. The topological polar surface area (TPSA) is 61.0 Å². The summed E-state index contributed by atoms with van der Waals surface area (Å²) in [5.41, 5.74) is 6.64. The molecule has 2 rings (SSSR count). The first kappa shape index (κ1) is 15.2. The van der Waals surface area contributed by atoms with Gasteiger partial charge in [-0.25, -0.2) is 9.97 Å². The largest absolute Gasteiger partial charge is 0.487 e. The Hall–Kier alpha value is -1.16. The molecule has 1 aliphatic carbocycles. The van der Waals surface area contributed by atoms with Gasteiger partial charge in [-0.1, -0.05) is 33.6 Å². The maximum atomic E-state index is 6.14. The summed E-state index contributed by atoms with van der Waals surface area (Å²) in [7, 11) is 0. The molecule has 1 saturated carbocycles. The van der Waals surface area contributed by atoms with Crippen LogP contribution in [-0.2, 0) is 6.54 Å². The van der Waals surface area contributed by atoms with E-state index in [0.717, 1.165) is 36.0 Å². The molecule has 0 saturated heterocycles. The molecule has 0 aliphatic heterocycles. The van der Waals surface area contributed by atoms with Gasteiger partial charge < -0.3 is 10.5 Å². The molecule has 1 fully saturated rings. The maximum Gasteiger partial charge on any atom is 0.160 e. The van der Waals surface area contributed by atoms with E-state index in [-0.39, 0.29) is 0 Å². The fourth-order valence-electron chi connectivity index (χ4n) is 2.84. The minimum atomic E-state index is 0.299. The van der Waals surface area contributed by atoms with Gasteiger partial charge in [0.25, 0.3) is 0 Å². The van der Waals surface area contributed by atoms with E-state index < -0.39 is 0 Å². The smallest absolute Gasteiger partial charge is 0.160 e. The highest BCUT2D eigenvalue weighted by Crippen LogP contribution is 2.30. The molecular formula is C16H27N3O. The second kappa shape index (κ2) is 7.02. The second-order valence-electron chi connectivity index (χ2n) is 6.08. The Morgan fingerprint density at radius 3 is 2.85 bits per heavy atom. The lowest BCUT2D eigenvalue weighted by molar-refractivity contribution is 0.120. The van der Waals surface area contributed by atoms with Crippen molar-refractivity contribution < 1.29 is 4.74 Å². The van der Waals surface area contributed by atoms with Crippen molar-refractivity contribution in [1.82, 2.24) is 9.97 Å². The molecule has 2 unspecified atom stereocenters. The van der Waals surface area contributed by atoms with Crippen LogP contribution in [0.1, 0.15) is 70.3 Å². The normalized spacial score (nSPS) is 23.1. The Balaban J connectivity index is 2.08. The number of hydrogen-bond donors (Lipinski definition) is 1. The quantitative estimate of drug-likeness (QED) is 0.896. The van der Waals surface area contributed by atoms with E-state index in [1.807, 2.05) is 0 Å². The van der Waals surface area contributed by atoms with Crippen LogP contribution >= 0.6 is 0 Å². The molecule has 112 valence electrons. The van der Waals surface area contributed by atoms with Crippen molar-refractivity contribution in [3.63, 3.8) is 0 Å². The second-order valence-corrected chi connectivity index (χ2v) is 6.08. The molecule has 4 heteroatoms. The first-order valence-corrected chi connectivity index (χ1v) is 7.86. The van der Waals surface area contributed by atoms with Gasteiger partial charge in [-0.05, 0) is 25.2 Å². The van der Waals surface area contributed by atoms with Crippen LogP contribution < -0.4 is 10.5 Å². The van der Waals surface area contributed by atoms with Crippen molar-refractivity contribution in [1.29, 1.82) is 0 Å². The third-order valence-corrected chi connectivity index (χ3v) is 4.16. The summed E-state index contributed by atoms with van der Waals surface area (Å²) in [4.78, 5) is 8.93. The fourth-order valence-corrected chi connectivity index (χ4v) is 2.84. The molecule has 1 aliphatic rings. The fraction of sp³-hybridized carbons (Fsp3) is 0.750. The lowest BCUT2D eigenvalue weighted by Crippen LogP contribution is -2.26. The number of nitrogens with zero attached hydrogens (tertiary/aromatic N) is 2. The van der Waals surface area contributed by atoms with Gasteiger partial charge in [0.1, 0.15) is 5.82 Å². The summed E-state index contributed by atoms with van der Waals surface area (Å²) < 4.78 is 6.14. The van der Waals surface area contributed by atoms with Crippen molar-refractivity contribution in [2.75, 3.05) is 0 Å². The monoisotopic (exact) mass is 277 g/mol. The zero-order chi connectivity index (χ0) is 14.5. The van der Waals surface area contributed by atoms with Crippen molar-refractivity contribution in [3.05, 3.63) is 17.7 Å². The van der Waals surface area contributed by atoms with Gasteiger partial charge in [0.15, 0.2) is 5.75 Å². The van der Waals surface area contributed by atoms with Crippen LogP contribution in [0.4, 0.5) is 0 Å². The molecule has 4 nitrogen and oxygen atoms in total. The SMILES string of the molecule is CCC1CCCC(Oc2cnc(C(C)C)nc2CN)C1. The Morgan fingerprint density at radius 2 is 2.20 bits per heavy atom. The van der Waals surface area contributed by atoms with Gasteiger partial charge in [0, 0.05) is 12.5 Å². The molecule has 1 heterocycles. The number of ether oxygens (including phenoxy) is 1. The molecule has 0 aromatic carbocycles. The maximum absolute atomic E-state index is 6.14. The van der Waals surface area contributed by atoms with Crippen LogP contribution in [0.2, 0.25) is 0 Å². The van der Waals surface area contributed by atoms with E-state index >= 15 is 0 Å². The molecule has 0 spiro atoms. The highest BCUT2D eigenvalue weighted by Gasteiger charge is 2.23. The molecule has 20 heavy (non-hydrogen) atoms. The standard InChI is InChI=1S/C16H27N3O/c1-4-12-6-5-7-13(8-12)20-15-10-18-16(11(2)3)19-14(15)9-17/h10-13H,4-9,17H2,1-3H3. The molecule has 1 aromatic heterocycles. The third kappa shape index (κ3) is 3.69. The highest BCUT2D eigenvalue weighted by atomic mass is 16.5. The molecular weight excluding hydrogens is 250 g/mol. The molecule has 1 aromatic rings. The predicted molar refractivity (Wildman–Crippen MR) is 80.7 cm³/mol. The van der Waals surface area contributed by atoms with Gasteiger partial charge >= 0.3 is 0 Å². The van der Waals surface area contributed by atoms with E-state index in [1.54, 1.807) is 6.20 Å². The van der Waals surface area contributed by atoms with Gasteiger partial charge in [0.2, 0.25) is 0 Å². The lowest BCUT2D eigenvalue weighted by atomic mass is 9.85. The molecule has 0 radical (unpaired) electrons. The highest BCUT2D eigenvalue weighted by molar-refractivity contribution is 5.25. The van der Waals surface area contributed by atoms with Crippen LogP contribution in [0.5, 0.6) is 5.75 Å². The molecule has 0 amide bonds. The van der Waals surface area contributed by atoms with E-state index in [4.69, 9.17) is 10.5 Å². The summed E-state index contributed by atoms with van der Waals surface area (Å²) in [5, 5.41) is 0. The average Bonchev–Trinajstić information content (AvgIpc) is 2.47. The zero-order valence-corrected chi connectivity index (χ0v) is 12.9. The number of hydrogen-bond acceptors (Lipinski definition) is 4. The predicted octanol–water partition coefficient (Wildman–Crippen LogP) is 3.41. The minimum absolute atomic E-state index is 0.299. The van der Waals surface area contributed by atoms with Crippen molar-refractivity contribution in [3.8, 4) is 5.75 Å². The summed E-state index contributed by atoms with van der Waals surface area (Å²) in [5.74, 6) is 2.73. The van der Waals surface area contributed by atoms with E-state index in [0.29, 0.717) is 18.6 Å². The Kier molecular flexibility index (Phi) is 5.35. The molecule has 0 bridgehead atoms. The summed E-state index contributed by atoms with van der Waals surface area (Å²) in [6, 6.07) is 0. The minimum Gasteiger partial charge on any atom is -0.487 e. The van der Waals surface area contributed by atoms with Crippen LogP contribution in [-0.4, -0.2) is 16.1 Å². The van der Waals surface area contributed by atoms with Crippen molar-refractivity contribution >= 4 is 0 Å². The van der Waals surface area contributed by atoms with Gasteiger partial charge in [0.05, 0.1) is 18.0 Å². The van der Waals surface area contributed by atoms with Crippen LogP contribution in [0.25, 0.3) is 0 Å². The van der Waals surface area contributed by atoms with Crippen molar-refractivity contribution in [2.24, 2.45) is 11.7 Å². The number of nitrogens with two attached hydrogens (primary N) is 1. The van der Waals surface area contributed by atoms with E-state index in [1.165, 1.54) is 19.3 Å². The number of rotatable bonds is 5. The van der Waals surface area contributed by atoms with Crippen molar-refractivity contribution in [2.45, 2.75) is 71.4 Å². The Morgan fingerprint density at radius 1 is 1.40 bits per heavy atom.